The molecule has 1 saturated heterocycles. The number of amidine groups is 1. The van der Waals surface area contributed by atoms with Gasteiger partial charge in [0.2, 0.25) is 0 Å². The van der Waals surface area contributed by atoms with Gasteiger partial charge in [-0.1, -0.05) is 49.4 Å². The van der Waals surface area contributed by atoms with E-state index in [4.69, 9.17) is 5.41 Å². The molecular formula is C27H30N4. The van der Waals surface area contributed by atoms with Crippen LogP contribution >= 0.6 is 0 Å². The average Bonchev–Trinajstić information content (AvgIpc) is 3.40. The summed E-state index contributed by atoms with van der Waals surface area (Å²) in [7, 11) is 2.14. The standard InChI is InChI=1S/C27H30N4/c1-18-11-12-31(16-18)26(28)21-9-6-8-20(13-21)22-14-24-25(15-29-27(24)30(3)17-22)23-10-5-4-7-19(23)2/h4-10,13-15,18,28-29H,11-12,16-17H2,1-3H3. The van der Waals surface area contributed by atoms with Gasteiger partial charge in [-0.3, -0.25) is 5.41 Å². The zero-order valence-corrected chi connectivity index (χ0v) is 18.6. The van der Waals surface area contributed by atoms with Crippen molar-refractivity contribution in [2.45, 2.75) is 20.3 Å². The van der Waals surface area contributed by atoms with Crippen molar-refractivity contribution in [3.05, 3.63) is 77.0 Å². The molecule has 4 nitrogen and oxygen atoms in total. The van der Waals surface area contributed by atoms with Crippen LogP contribution in [0.2, 0.25) is 0 Å². The topological polar surface area (TPSA) is 46.1 Å². The molecule has 4 heteroatoms. The van der Waals surface area contributed by atoms with E-state index in [1.165, 1.54) is 39.8 Å². The van der Waals surface area contributed by atoms with Gasteiger partial charge in [0.1, 0.15) is 11.7 Å². The first-order valence-electron chi connectivity index (χ1n) is 11.1. The van der Waals surface area contributed by atoms with Crippen molar-refractivity contribution in [1.82, 2.24) is 9.88 Å². The molecule has 2 aromatic carbocycles. The van der Waals surface area contributed by atoms with Crippen LogP contribution in [0.1, 0.15) is 35.6 Å². The van der Waals surface area contributed by atoms with E-state index in [9.17, 15) is 0 Å². The molecule has 0 radical (unpaired) electrons. The van der Waals surface area contributed by atoms with E-state index in [-0.39, 0.29) is 0 Å². The lowest BCUT2D eigenvalue weighted by Crippen LogP contribution is -2.28. The number of rotatable bonds is 3. The number of aryl methyl sites for hydroxylation is 1. The van der Waals surface area contributed by atoms with Crippen LogP contribution in [-0.4, -0.2) is 42.4 Å². The first kappa shape index (κ1) is 19.7. The number of hydrogen-bond donors (Lipinski definition) is 2. The van der Waals surface area contributed by atoms with Gasteiger partial charge >= 0.3 is 0 Å². The second kappa shape index (κ2) is 7.77. The Kier molecular flexibility index (Phi) is 4.93. The molecule has 0 aliphatic carbocycles. The number of aromatic nitrogens is 1. The van der Waals surface area contributed by atoms with Crippen molar-refractivity contribution in [1.29, 1.82) is 5.41 Å². The van der Waals surface area contributed by atoms with E-state index < -0.39 is 0 Å². The molecule has 1 fully saturated rings. The van der Waals surface area contributed by atoms with E-state index in [0.29, 0.717) is 11.8 Å². The normalized spacial score (nSPS) is 18.2. The molecule has 1 unspecified atom stereocenters. The highest BCUT2D eigenvalue weighted by atomic mass is 15.2. The van der Waals surface area contributed by atoms with Crippen LogP contribution in [0.3, 0.4) is 0 Å². The molecule has 2 N–H and O–H groups in total. The van der Waals surface area contributed by atoms with Gasteiger partial charge in [-0.15, -0.1) is 0 Å². The lowest BCUT2D eigenvalue weighted by atomic mass is 9.93. The molecular weight excluding hydrogens is 380 g/mol. The fourth-order valence-corrected chi connectivity index (χ4v) is 4.90. The number of nitrogens with one attached hydrogen (secondary N) is 2. The largest absolute Gasteiger partial charge is 0.356 e. The van der Waals surface area contributed by atoms with E-state index in [0.717, 1.165) is 31.0 Å². The zero-order valence-electron chi connectivity index (χ0n) is 18.6. The second-order valence-electron chi connectivity index (χ2n) is 9.07. The van der Waals surface area contributed by atoms with Crippen molar-refractivity contribution in [3.63, 3.8) is 0 Å². The third-order valence-electron chi connectivity index (χ3n) is 6.69. The molecule has 2 aliphatic heterocycles. The number of benzene rings is 2. The predicted octanol–water partition coefficient (Wildman–Crippen LogP) is 5.65. The number of nitrogens with zero attached hydrogens (tertiary/aromatic N) is 2. The summed E-state index contributed by atoms with van der Waals surface area (Å²) in [6.07, 6.45) is 5.63. The van der Waals surface area contributed by atoms with Crippen LogP contribution in [0.5, 0.6) is 0 Å². The Hall–Kier alpha value is -3.27. The summed E-state index contributed by atoms with van der Waals surface area (Å²) >= 11 is 0. The summed E-state index contributed by atoms with van der Waals surface area (Å²) in [6, 6.07) is 17.1. The van der Waals surface area contributed by atoms with Crippen LogP contribution in [0.15, 0.2) is 54.7 Å². The number of H-pyrrole nitrogens is 1. The number of hydrogen-bond acceptors (Lipinski definition) is 2. The number of fused-ring (bicyclic) bond motifs is 1. The molecule has 1 atom stereocenters. The van der Waals surface area contributed by atoms with Gasteiger partial charge < -0.3 is 14.8 Å². The first-order chi connectivity index (χ1) is 15.0. The fraction of sp³-hybridized carbons (Fsp3) is 0.296. The Morgan fingerprint density at radius 2 is 1.94 bits per heavy atom. The lowest BCUT2D eigenvalue weighted by Gasteiger charge is -2.26. The average molecular weight is 411 g/mol. The summed E-state index contributed by atoms with van der Waals surface area (Å²) in [5.41, 5.74) is 8.53. The van der Waals surface area contributed by atoms with Gasteiger partial charge in [0.05, 0.1) is 0 Å². The summed E-state index contributed by atoms with van der Waals surface area (Å²) in [6.45, 7) is 7.26. The molecule has 0 spiro atoms. The number of aromatic amines is 1. The van der Waals surface area contributed by atoms with Crippen LogP contribution in [0, 0.1) is 18.3 Å². The molecule has 31 heavy (non-hydrogen) atoms. The van der Waals surface area contributed by atoms with E-state index in [2.05, 4.69) is 96.5 Å². The van der Waals surface area contributed by atoms with Crippen molar-refractivity contribution in [2.75, 3.05) is 31.6 Å². The quantitative estimate of drug-likeness (QED) is 0.433. The second-order valence-corrected chi connectivity index (χ2v) is 9.07. The van der Waals surface area contributed by atoms with E-state index in [1.54, 1.807) is 0 Å². The van der Waals surface area contributed by atoms with Gasteiger partial charge in [-0.2, -0.15) is 0 Å². The maximum Gasteiger partial charge on any atom is 0.128 e. The van der Waals surface area contributed by atoms with Gasteiger partial charge in [0, 0.05) is 49.6 Å². The minimum atomic E-state index is 0.652. The maximum absolute atomic E-state index is 8.72. The maximum atomic E-state index is 8.72. The highest BCUT2D eigenvalue weighted by Crippen LogP contribution is 2.39. The summed E-state index contributed by atoms with van der Waals surface area (Å²) in [4.78, 5) is 7.98. The van der Waals surface area contributed by atoms with Gasteiger partial charge in [0.15, 0.2) is 0 Å². The van der Waals surface area contributed by atoms with Crippen LogP contribution in [0.4, 0.5) is 5.82 Å². The smallest absolute Gasteiger partial charge is 0.128 e. The first-order valence-corrected chi connectivity index (χ1v) is 11.1. The number of likely N-dealkylation sites (tertiary alicyclic amines) is 1. The Labute approximate surface area is 184 Å². The van der Waals surface area contributed by atoms with Gasteiger partial charge in [0.25, 0.3) is 0 Å². The summed E-state index contributed by atoms with van der Waals surface area (Å²) in [5.74, 6) is 2.49. The monoisotopic (exact) mass is 410 g/mol. The van der Waals surface area contributed by atoms with Crippen LogP contribution in [-0.2, 0) is 0 Å². The molecule has 0 saturated carbocycles. The predicted molar refractivity (Wildman–Crippen MR) is 131 cm³/mol. The molecule has 2 aliphatic rings. The molecule has 0 amide bonds. The third-order valence-corrected chi connectivity index (χ3v) is 6.69. The van der Waals surface area contributed by atoms with Gasteiger partial charge in [-0.25, -0.2) is 0 Å². The Balaban J connectivity index is 1.52. The van der Waals surface area contributed by atoms with Crippen LogP contribution in [0.25, 0.3) is 22.8 Å². The fourth-order valence-electron chi connectivity index (χ4n) is 4.90. The Morgan fingerprint density at radius 1 is 1.10 bits per heavy atom. The Morgan fingerprint density at radius 3 is 2.71 bits per heavy atom. The molecule has 0 bridgehead atoms. The molecule has 1 aromatic heterocycles. The minimum Gasteiger partial charge on any atom is -0.356 e. The highest BCUT2D eigenvalue weighted by molar-refractivity contribution is 6.00. The van der Waals surface area contributed by atoms with E-state index >= 15 is 0 Å². The van der Waals surface area contributed by atoms with Crippen molar-refractivity contribution in [2.24, 2.45) is 5.92 Å². The lowest BCUT2D eigenvalue weighted by molar-refractivity contribution is 0.492. The molecule has 3 aromatic rings. The molecule has 3 heterocycles. The van der Waals surface area contributed by atoms with Crippen molar-refractivity contribution >= 4 is 23.3 Å². The number of anilines is 1. The molecule has 5 rings (SSSR count). The minimum absolute atomic E-state index is 0.652. The van der Waals surface area contributed by atoms with Crippen molar-refractivity contribution in [3.8, 4) is 11.1 Å². The zero-order chi connectivity index (χ0) is 21.5. The summed E-state index contributed by atoms with van der Waals surface area (Å²) in [5, 5.41) is 8.72. The van der Waals surface area contributed by atoms with Gasteiger partial charge in [-0.05, 0) is 53.7 Å². The molecule has 158 valence electrons. The Bertz CT molecular complexity index is 1170. The summed E-state index contributed by atoms with van der Waals surface area (Å²) < 4.78 is 0. The third kappa shape index (κ3) is 3.56. The SMILES string of the molecule is Cc1ccccc1-c1c[nH]c2c1C=C(c1cccc(C(=N)N3CCC(C)C3)c1)CN2C. The van der Waals surface area contributed by atoms with Crippen molar-refractivity contribution < 1.29 is 0 Å². The highest BCUT2D eigenvalue weighted by Gasteiger charge is 2.24. The van der Waals surface area contributed by atoms with E-state index in [1.807, 2.05) is 0 Å². The number of likely N-dealkylation sites (N-methyl/N-ethyl adjacent to an activating group) is 1. The van der Waals surface area contributed by atoms with Crippen LogP contribution < -0.4 is 4.90 Å².